The molecule has 0 unspecified atom stereocenters. The zero-order valence-corrected chi connectivity index (χ0v) is 18.3. The van der Waals surface area contributed by atoms with Crippen LogP contribution < -0.4 is 9.62 Å². The Bertz CT molecular complexity index is 933. The minimum absolute atomic E-state index is 0.0762. The molecular formula is C21H29N3O2S2. The van der Waals surface area contributed by atoms with E-state index in [-0.39, 0.29) is 6.04 Å². The summed E-state index contributed by atoms with van der Waals surface area (Å²) in [5.74, 6) is 0. The molecule has 0 spiro atoms. The second kappa shape index (κ2) is 8.14. The summed E-state index contributed by atoms with van der Waals surface area (Å²) in [7, 11) is -1.34. The van der Waals surface area contributed by atoms with Crippen molar-refractivity contribution in [2.75, 3.05) is 38.1 Å². The molecule has 0 radical (unpaired) electrons. The Kier molecular flexibility index (Phi) is 5.78. The van der Waals surface area contributed by atoms with Gasteiger partial charge in [0.1, 0.15) is 4.21 Å². The third kappa shape index (κ3) is 4.13. The number of thiophene rings is 1. The first kappa shape index (κ1) is 19.9. The van der Waals surface area contributed by atoms with Crippen molar-refractivity contribution in [1.82, 2.24) is 9.62 Å². The molecule has 1 fully saturated rings. The number of rotatable bonds is 6. The molecule has 3 heterocycles. The van der Waals surface area contributed by atoms with Crippen molar-refractivity contribution in [3.63, 3.8) is 0 Å². The van der Waals surface area contributed by atoms with Crippen LogP contribution in [0.5, 0.6) is 0 Å². The number of likely N-dealkylation sites (tertiary alicyclic amines) is 1. The molecule has 7 heteroatoms. The highest BCUT2D eigenvalue weighted by Gasteiger charge is 2.27. The van der Waals surface area contributed by atoms with Crippen LogP contribution >= 0.6 is 11.3 Å². The molecule has 0 bridgehead atoms. The number of aryl methyl sites for hydroxylation is 1. The van der Waals surface area contributed by atoms with Gasteiger partial charge < -0.3 is 4.90 Å². The number of nitrogens with one attached hydrogen (secondary N) is 1. The van der Waals surface area contributed by atoms with Crippen molar-refractivity contribution in [1.29, 1.82) is 0 Å². The summed E-state index contributed by atoms with van der Waals surface area (Å²) in [5.41, 5.74) is 3.90. The highest BCUT2D eigenvalue weighted by atomic mass is 32.2. The maximum absolute atomic E-state index is 12.8. The topological polar surface area (TPSA) is 52.7 Å². The number of benzene rings is 1. The van der Waals surface area contributed by atoms with Crippen LogP contribution in [0, 0.1) is 6.92 Å². The minimum Gasteiger partial charge on any atom is -0.374 e. The molecule has 1 aromatic carbocycles. The van der Waals surface area contributed by atoms with Gasteiger partial charge in [0.2, 0.25) is 10.0 Å². The van der Waals surface area contributed by atoms with Crippen molar-refractivity contribution >= 4 is 27.0 Å². The molecule has 1 aromatic heterocycles. The Balaban J connectivity index is 1.57. The first-order chi connectivity index (χ1) is 13.4. The number of hydrogen-bond donors (Lipinski definition) is 1. The normalized spacial score (nSPS) is 19.0. The van der Waals surface area contributed by atoms with Gasteiger partial charge in [-0.1, -0.05) is 18.6 Å². The van der Waals surface area contributed by atoms with Crippen LogP contribution in [0.1, 0.15) is 41.3 Å². The number of nitrogens with zero attached hydrogens (tertiary/aromatic N) is 2. The molecule has 0 aliphatic carbocycles. The van der Waals surface area contributed by atoms with Crippen LogP contribution in [0.15, 0.2) is 34.5 Å². The van der Waals surface area contributed by atoms with Crippen LogP contribution in [-0.2, 0) is 16.4 Å². The van der Waals surface area contributed by atoms with Gasteiger partial charge in [-0.3, -0.25) is 4.90 Å². The Morgan fingerprint density at radius 1 is 1.11 bits per heavy atom. The predicted octanol–water partition coefficient (Wildman–Crippen LogP) is 3.55. The van der Waals surface area contributed by atoms with Crippen LogP contribution in [0.3, 0.4) is 0 Å². The van der Waals surface area contributed by atoms with Gasteiger partial charge >= 0.3 is 0 Å². The zero-order chi connectivity index (χ0) is 19.7. The number of likely N-dealkylation sites (N-methyl/N-ethyl adjacent to an activating group) is 1. The molecule has 2 aromatic rings. The summed E-state index contributed by atoms with van der Waals surface area (Å²) in [4.78, 5) is 5.75. The molecule has 28 heavy (non-hydrogen) atoms. The lowest BCUT2D eigenvalue weighted by atomic mass is 9.99. The Morgan fingerprint density at radius 3 is 2.61 bits per heavy atom. The number of sulfonamides is 1. The van der Waals surface area contributed by atoms with Crippen LogP contribution in [0.25, 0.3) is 0 Å². The molecule has 0 amide bonds. The average molecular weight is 420 g/mol. The first-order valence-corrected chi connectivity index (χ1v) is 12.4. The summed E-state index contributed by atoms with van der Waals surface area (Å²) in [5, 5.41) is 0. The Hall–Kier alpha value is -1.41. The Morgan fingerprint density at radius 2 is 1.89 bits per heavy atom. The average Bonchev–Trinajstić information content (AvgIpc) is 3.29. The minimum atomic E-state index is -3.47. The molecule has 0 saturated carbocycles. The molecule has 2 aliphatic rings. The predicted molar refractivity (Wildman–Crippen MR) is 116 cm³/mol. The fourth-order valence-corrected chi connectivity index (χ4v) is 6.66. The van der Waals surface area contributed by atoms with Gasteiger partial charge in [0.25, 0.3) is 0 Å². The van der Waals surface area contributed by atoms with Gasteiger partial charge in [-0.25, -0.2) is 13.1 Å². The SMILES string of the molecule is Cc1ccc(S(=O)(=O)NC[C@H](c2ccc3c(c2)CCN3C)N2CCCCC2)s1. The smallest absolute Gasteiger partial charge is 0.250 e. The summed E-state index contributed by atoms with van der Waals surface area (Å²) in [6, 6.07) is 10.3. The molecule has 152 valence electrons. The second-order valence-electron chi connectivity index (χ2n) is 7.89. The number of hydrogen-bond acceptors (Lipinski definition) is 5. The van der Waals surface area contributed by atoms with E-state index in [2.05, 4.69) is 39.8 Å². The largest absolute Gasteiger partial charge is 0.374 e. The van der Waals surface area contributed by atoms with E-state index >= 15 is 0 Å². The highest BCUT2D eigenvalue weighted by Crippen LogP contribution is 2.32. The van der Waals surface area contributed by atoms with E-state index in [1.54, 1.807) is 6.07 Å². The summed E-state index contributed by atoms with van der Waals surface area (Å²) in [6.07, 6.45) is 4.69. The van der Waals surface area contributed by atoms with E-state index in [0.717, 1.165) is 30.9 Å². The number of piperidine rings is 1. The van der Waals surface area contributed by atoms with Crippen LogP contribution in [-0.4, -0.2) is 46.5 Å². The third-order valence-electron chi connectivity index (χ3n) is 5.89. The quantitative estimate of drug-likeness (QED) is 0.778. The van der Waals surface area contributed by atoms with Gasteiger partial charge in [0.05, 0.1) is 0 Å². The molecule has 1 atom stereocenters. The van der Waals surface area contributed by atoms with Crippen molar-refractivity contribution in [2.45, 2.75) is 42.9 Å². The van der Waals surface area contributed by atoms with Gasteiger partial charge in [0.15, 0.2) is 0 Å². The van der Waals surface area contributed by atoms with Crippen molar-refractivity contribution in [2.24, 2.45) is 0 Å². The summed E-state index contributed by atoms with van der Waals surface area (Å²) in [6.45, 7) is 5.45. The molecular weight excluding hydrogens is 390 g/mol. The standard InChI is InChI=1S/C21H29N3O2S2/c1-16-6-9-21(27-16)28(25,26)22-15-20(24-11-4-3-5-12-24)17-7-8-19-18(14-17)10-13-23(19)2/h6-9,14,20,22H,3-5,10-13,15H2,1-2H3/t20-/m1/s1. The van der Waals surface area contributed by atoms with Crippen molar-refractivity contribution in [3.8, 4) is 0 Å². The van der Waals surface area contributed by atoms with Gasteiger partial charge in [-0.2, -0.15) is 0 Å². The van der Waals surface area contributed by atoms with E-state index in [1.807, 2.05) is 13.0 Å². The number of fused-ring (bicyclic) bond motifs is 1. The fourth-order valence-electron chi connectivity index (χ4n) is 4.30. The zero-order valence-electron chi connectivity index (χ0n) is 16.6. The van der Waals surface area contributed by atoms with Crippen LogP contribution in [0.4, 0.5) is 5.69 Å². The first-order valence-electron chi connectivity index (χ1n) is 10.1. The van der Waals surface area contributed by atoms with Crippen LogP contribution in [0.2, 0.25) is 0 Å². The molecule has 1 N–H and O–H groups in total. The maximum Gasteiger partial charge on any atom is 0.250 e. The van der Waals surface area contributed by atoms with Gasteiger partial charge in [-0.05, 0) is 68.6 Å². The molecule has 1 saturated heterocycles. The molecule has 2 aliphatic heterocycles. The van der Waals surface area contributed by atoms with E-state index < -0.39 is 10.0 Å². The fraction of sp³-hybridized carbons (Fsp3) is 0.524. The van der Waals surface area contributed by atoms with E-state index in [0.29, 0.717) is 10.8 Å². The third-order valence-corrected chi connectivity index (χ3v) is 8.81. The summed E-state index contributed by atoms with van der Waals surface area (Å²) >= 11 is 1.32. The van der Waals surface area contributed by atoms with Gasteiger partial charge in [0, 0.05) is 36.7 Å². The highest BCUT2D eigenvalue weighted by molar-refractivity contribution is 7.91. The van der Waals surface area contributed by atoms with E-state index in [9.17, 15) is 8.42 Å². The second-order valence-corrected chi connectivity index (χ2v) is 11.2. The van der Waals surface area contributed by atoms with Crippen molar-refractivity contribution < 1.29 is 8.42 Å². The molecule has 4 rings (SSSR count). The van der Waals surface area contributed by atoms with E-state index in [4.69, 9.17) is 0 Å². The van der Waals surface area contributed by atoms with Gasteiger partial charge in [-0.15, -0.1) is 11.3 Å². The maximum atomic E-state index is 12.8. The lowest BCUT2D eigenvalue weighted by Gasteiger charge is -2.35. The number of anilines is 1. The van der Waals surface area contributed by atoms with Crippen molar-refractivity contribution in [3.05, 3.63) is 46.3 Å². The van der Waals surface area contributed by atoms with E-state index in [1.165, 1.54) is 47.4 Å². The molecule has 5 nitrogen and oxygen atoms in total. The lowest BCUT2D eigenvalue weighted by molar-refractivity contribution is 0.164. The lowest BCUT2D eigenvalue weighted by Crippen LogP contribution is -2.40. The Labute approximate surface area is 172 Å². The summed E-state index contributed by atoms with van der Waals surface area (Å²) < 4.78 is 28.8. The monoisotopic (exact) mass is 419 g/mol.